The molecule has 0 spiro atoms. The molecule has 0 aliphatic heterocycles. The fraction of sp³-hybridized carbons (Fsp3) is 0.200. The number of likely N-dealkylation sites (N-methyl/N-ethyl adjacent to an activating group) is 1. The van der Waals surface area contributed by atoms with Gasteiger partial charge in [0, 0.05) is 23.8 Å². The SMILES string of the molecule is C=CCN(C)S(=O)(=O)c1ccc(N)c(Br)c1. The highest BCUT2D eigenvalue weighted by Gasteiger charge is 2.20. The first-order chi connectivity index (χ1) is 7.39. The van der Waals surface area contributed by atoms with Crippen LogP contribution in [0.15, 0.2) is 40.2 Å². The largest absolute Gasteiger partial charge is 0.398 e. The van der Waals surface area contributed by atoms with E-state index in [1.54, 1.807) is 6.07 Å². The molecule has 0 aliphatic carbocycles. The maximum absolute atomic E-state index is 12.0. The van der Waals surface area contributed by atoms with Crippen molar-refractivity contribution in [2.24, 2.45) is 0 Å². The summed E-state index contributed by atoms with van der Waals surface area (Å²) < 4.78 is 25.8. The minimum atomic E-state index is -3.46. The van der Waals surface area contributed by atoms with E-state index in [0.29, 0.717) is 10.2 Å². The van der Waals surface area contributed by atoms with Gasteiger partial charge in [0.25, 0.3) is 0 Å². The fourth-order valence-electron chi connectivity index (χ4n) is 1.13. The van der Waals surface area contributed by atoms with Gasteiger partial charge in [-0.05, 0) is 34.1 Å². The number of benzene rings is 1. The second kappa shape index (κ2) is 4.99. The van der Waals surface area contributed by atoms with E-state index < -0.39 is 10.0 Å². The maximum Gasteiger partial charge on any atom is 0.243 e. The van der Waals surface area contributed by atoms with Crippen LogP contribution in [-0.4, -0.2) is 26.3 Å². The minimum Gasteiger partial charge on any atom is -0.398 e. The van der Waals surface area contributed by atoms with Crippen LogP contribution in [0.1, 0.15) is 0 Å². The normalized spacial score (nSPS) is 11.7. The van der Waals surface area contributed by atoms with E-state index in [4.69, 9.17) is 5.73 Å². The monoisotopic (exact) mass is 304 g/mol. The molecule has 88 valence electrons. The predicted molar refractivity (Wildman–Crippen MR) is 68.6 cm³/mol. The lowest BCUT2D eigenvalue weighted by atomic mass is 10.3. The third-order valence-corrected chi connectivity index (χ3v) is 4.57. The topological polar surface area (TPSA) is 63.4 Å². The van der Waals surface area contributed by atoms with E-state index >= 15 is 0 Å². The van der Waals surface area contributed by atoms with E-state index in [1.165, 1.54) is 29.6 Å². The van der Waals surface area contributed by atoms with Crippen molar-refractivity contribution in [1.29, 1.82) is 0 Å². The van der Waals surface area contributed by atoms with Gasteiger partial charge in [-0.2, -0.15) is 4.31 Å². The number of anilines is 1. The Bertz CT molecular complexity index is 500. The van der Waals surface area contributed by atoms with Crippen molar-refractivity contribution in [3.05, 3.63) is 35.3 Å². The molecule has 2 N–H and O–H groups in total. The molecular formula is C10H13BrN2O2S. The van der Waals surface area contributed by atoms with Crippen molar-refractivity contribution >= 4 is 31.6 Å². The number of hydrogen-bond donors (Lipinski definition) is 1. The zero-order chi connectivity index (χ0) is 12.3. The average Bonchev–Trinajstić information content (AvgIpc) is 2.22. The van der Waals surface area contributed by atoms with Crippen LogP contribution in [0.3, 0.4) is 0 Å². The van der Waals surface area contributed by atoms with E-state index in [9.17, 15) is 8.42 Å². The second-order valence-corrected chi connectivity index (χ2v) is 6.16. The first-order valence-corrected chi connectivity index (χ1v) is 6.75. The highest BCUT2D eigenvalue weighted by atomic mass is 79.9. The zero-order valence-corrected chi connectivity index (χ0v) is 11.3. The molecule has 0 amide bonds. The summed E-state index contributed by atoms with van der Waals surface area (Å²) in [4.78, 5) is 0.206. The van der Waals surface area contributed by atoms with Crippen molar-refractivity contribution in [2.45, 2.75) is 4.90 Å². The zero-order valence-electron chi connectivity index (χ0n) is 8.85. The third-order valence-electron chi connectivity index (χ3n) is 2.07. The van der Waals surface area contributed by atoms with Gasteiger partial charge in [-0.3, -0.25) is 0 Å². The standard InChI is InChI=1S/C10H13BrN2O2S/c1-3-6-13(2)16(14,15)8-4-5-10(12)9(11)7-8/h3-5,7H,1,6,12H2,2H3. The van der Waals surface area contributed by atoms with Crippen LogP contribution >= 0.6 is 15.9 Å². The van der Waals surface area contributed by atoms with E-state index in [0.717, 1.165) is 0 Å². The van der Waals surface area contributed by atoms with Gasteiger partial charge in [0.05, 0.1) is 4.90 Å². The van der Waals surface area contributed by atoms with Gasteiger partial charge < -0.3 is 5.73 Å². The number of nitrogen functional groups attached to an aromatic ring is 1. The first kappa shape index (κ1) is 13.2. The summed E-state index contributed by atoms with van der Waals surface area (Å²) in [5.41, 5.74) is 6.10. The van der Waals surface area contributed by atoms with Crippen molar-refractivity contribution in [3.8, 4) is 0 Å². The Morgan fingerprint density at radius 2 is 2.19 bits per heavy atom. The Kier molecular flexibility index (Phi) is 4.12. The number of nitrogens with zero attached hydrogens (tertiary/aromatic N) is 1. The van der Waals surface area contributed by atoms with Crippen molar-refractivity contribution in [1.82, 2.24) is 4.31 Å². The van der Waals surface area contributed by atoms with Crippen LogP contribution in [0.2, 0.25) is 0 Å². The summed E-state index contributed by atoms with van der Waals surface area (Å²) >= 11 is 3.20. The first-order valence-electron chi connectivity index (χ1n) is 4.52. The van der Waals surface area contributed by atoms with Gasteiger partial charge in [-0.1, -0.05) is 6.08 Å². The van der Waals surface area contributed by atoms with Crippen LogP contribution in [-0.2, 0) is 10.0 Å². The van der Waals surface area contributed by atoms with Gasteiger partial charge in [-0.15, -0.1) is 6.58 Å². The minimum absolute atomic E-state index is 0.206. The molecule has 6 heteroatoms. The van der Waals surface area contributed by atoms with E-state index in [-0.39, 0.29) is 11.4 Å². The van der Waals surface area contributed by atoms with E-state index in [1.807, 2.05) is 0 Å². The summed E-state index contributed by atoms with van der Waals surface area (Å²) in [7, 11) is -1.96. The Hall–Kier alpha value is -0.850. The number of sulfonamides is 1. The Labute approximate surface area is 104 Å². The Balaban J connectivity index is 3.17. The lowest BCUT2D eigenvalue weighted by molar-refractivity contribution is 0.499. The third kappa shape index (κ3) is 2.63. The molecule has 0 saturated carbocycles. The van der Waals surface area contributed by atoms with Crippen molar-refractivity contribution < 1.29 is 8.42 Å². The molecule has 0 unspecified atom stereocenters. The molecule has 16 heavy (non-hydrogen) atoms. The van der Waals surface area contributed by atoms with Crippen LogP contribution in [0, 0.1) is 0 Å². The molecular weight excluding hydrogens is 292 g/mol. The van der Waals surface area contributed by atoms with Crippen LogP contribution in [0.4, 0.5) is 5.69 Å². The summed E-state index contributed by atoms with van der Waals surface area (Å²) in [5.74, 6) is 0. The van der Waals surface area contributed by atoms with E-state index in [2.05, 4.69) is 22.5 Å². The predicted octanol–water partition coefficient (Wildman–Crippen LogP) is 1.84. The van der Waals surface area contributed by atoms with Gasteiger partial charge in [0.15, 0.2) is 0 Å². The molecule has 1 aromatic rings. The number of rotatable bonds is 4. The summed E-state index contributed by atoms with van der Waals surface area (Å²) in [6.45, 7) is 3.77. The summed E-state index contributed by atoms with van der Waals surface area (Å²) in [6, 6.07) is 4.53. The van der Waals surface area contributed by atoms with Gasteiger partial charge in [0.1, 0.15) is 0 Å². The lowest BCUT2D eigenvalue weighted by Gasteiger charge is -2.15. The molecule has 0 atom stereocenters. The molecule has 1 aromatic carbocycles. The number of hydrogen-bond acceptors (Lipinski definition) is 3. The molecule has 0 bridgehead atoms. The molecule has 0 radical (unpaired) electrons. The van der Waals surface area contributed by atoms with Gasteiger partial charge in [0.2, 0.25) is 10.0 Å². The van der Waals surface area contributed by atoms with Crippen LogP contribution in [0.25, 0.3) is 0 Å². The fourth-order valence-corrected chi connectivity index (χ4v) is 2.83. The van der Waals surface area contributed by atoms with Gasteiger partial charge in [-0.25, -0.2) is 8.42 Å². The highest BCUT2D eigenvalue weighted by molar-refractivity contribution is 9.10. The molecule has 0 saturated heterocycles. The summed E-state index contributed by atoms with van der Waals surface area (Å²) in [6.07, 6.45) is 1.53. The molecule has 0 aromatic heterocycles. The molecule has 0 heterocycles. The van der Waals surface area contributed by atoms with Gasteiger partial charge >= 0.3 is 0 Å². The molecule has 4 nitrogen and oxygen atoms in total. The smallest absolute Gasteiger partial charge is 0.243 e. The molecule has 1 rings (SSSR count). The number of nitrogens with two attached hydrogens (primary N) is 1. The Morgan fingerprint density at radius 1 is 1.56 bits per heavy atom. The highest BCUT2D eigenvalue weighted by Crippen LogP contribution is 2.24. The quantitative estimate of drug-likeness (QED) is 0.682. The second-order valence-electron chi connectivity index (χ2n) is 3.26. The van der Waals surface area contributed by atoms with Crippen molar-refractivity contribution in [2.75, 3.05) is 19.3 Å². The summed E-state index contributed by atoms with van der Waals surface area (Å²) in [5, 5.41) is 0. The average molecular weight is 305 g/mol. The number of halogens is 1. The molecule has 0 fully saturated rings. The van der Waals surface area contributed by atoms with Crippen LogP contribution < -0.4 is 5.73 Å². The Morgan fingerprint density at radius 3 is 2.69 bits per heavy atom. The van der Waals surface area contributed by atoms with Crippen molar-refractivity contribution in [3.63, 3.8) is 0 Å². The lowest BCUT2D eigenvalue weighted by Crippen LogP contribution is -2.26. The molecule has 0 aliphatic rings. The van der Waals surface area contributed by atoms with Crippen LogP contribution in [0.5, 0.6) is 0 Å². The maximum atomic E-state index is 12.0.